The minimum Gasteiger partial charge on any atom is -0.335 e. The summed E-state index contributed by atoms with van der Waals surface area (Å²) in [6.07, 6.45) is 2.72. The van der Waals surface area contributed by atoms with Gasteiger partial charge in [0.05, 0.1) is 0 Å². The summed E-state index contributed by atoms with van der Waals surface area (Å²) in [5.74, 6) is 0.286. The third-order valence-electron chi connectivity index (χ3n) is 2.86. The number of rotatable bonds is 1. The minimum atomic E-state index is 0.00634. The molecule has 0 spiro atoms. The molecule has 1 aliphatic carbocycles. The van der Waals surface area contributed by atoms with Crippen LogP contribution >= 0.6 is 0 Å². The molecule has 1 N–H and O–H groups in total. The lowest BCUT2D eigenvalue weighted by Gasteiger charge is -2.30. The summed E-state index contributed by atoms with van der Waals surface area (Å²) in [5.41, 5.74) is 0. The lowest BCUT2D eigenvalue weighted by Crippen LogP contribution is -2.48. The fraction of sp³-hybridized carbons (Fsp3) is 0.800. The number of carbonyl (C=O) groups excluding carboxylic acids is 2. The Morgan fingerprint density at radius 3 is 2.79 bits per heavy atom. The van der Waals surface area contributed by atoms with Gasteiger partial charge in [-0.3, -0.25) is 4.79 Å². The second-order valence-corrected chi connectivity index (χ2v) is 4.29. The van der Waals surface area contributed by atoms with Crippen LogP contribution in [0, 0.1) is 5.92 Å². The Balaban J connectivity index is 1.84. The molecule has 78 valence electrons. The van der Waals surface area contributed by atoms with Gasteiger partial charge in [-0.25, -0.2) is 4.79 Å². The molecule has 4 nitrogen and oxygen atoms in total. The van der Waals surface area contributed by atoms with Gasteiger partial charge in [0, 0.05) is 31.5 Å². The number of urea groups is 1. The van der Waals surface area contributed by atoms with Crippen molar-refractivity contribution in [1.29, 1.82) is 0 Å². The topological polar surface area (TPSA) is 49.4 Å². The zero-order chi connectivity index (χ0) is 10.1. The Bertz CT molecular complexity index is 261. The van der Waals surface area contributed by atoms with Crippen molar-refractivity contribution in [2.75, 3.05) is 13.1 Å². The van der Waals surface area contributed by atoms with Crippen molar-refractivity contribution in [2.24, 2.45) is 5.92 Å². The SMILES string of the molecule is CC1CN(C(=O)NC2CC2)CCC1=O. The van der Waals surface area contributed by atoms with Gasteiger partial charge in [0.15, 0.2) is 0 Å². The van der Waals surface area contributed by atoms with Crippen molar-refractivity contribution in [2.45, 2.75) is 32.2 Å². The average molecular weight is 196 g/mol. The van der Waals surface area contributed by atoms with Gasteiger partial charge >= 0.3 is 6.03 Å². The summed E-state index contributed by atoms with van der Waals surface area (Å²) in [6.45, 7) is 3.05. The van der Waals surface area contributed by atoms with E-state index in [0.717, 1.165) is 12.8 Å². The molecule has 1 atom stereocenters. The van der Waals surface area contributed by atoms with Crippen molar-refractivity contribution in [1.82, 2.24) is 10.2 Å². The Morgan fingerprint density at radius 1 is 1.50 bits per heavy atom. The molecule has 2 aliphatic rings. The van der Waals surface area contributed by atoms with E-state index in [4.69, 9.17) is 0 Å². The first-order valence-electron chi connectivity index (χ1n) is 5.25. The van der Waals surface area contributed by atoms with Crippen LogP contribution in [0.25, 0.3) is 0 Å². The maximum absolute atomic E-state index is 11.6. The molecule has 0 radical (unpaired) electrons. The summed E-state index contributed by atoms with van der Waals surface area (Å²) >= 11 is 0. The smallest absolute Gasteiger partial charge is 0.317 e. The number of carbonyl (C=O) groups is 2. The van der Waals surface area contributed by atoms with Gasteiger partial charge in [-0.15, -0.1) is 0 Å². The molecular weight excluding hydrogens is 180 g/mol. The zero-order valence-electron chi connectivity index (χ0n) is 8.45. The number of nitrogens with zero attached hydrogens (tertiary/aromatic N) is 1. The maximum Gasteiger partial charge on any atom is 0.317 e. The van der Waals surface area contributed by atoms with Crippen molar-refractivity contribution in [3.05, 3.63) is 0 Å². The number of nitrogens with one attached hydrogen (secondary N) is 1. The van der Waals surface area contributed by atoms with E-state index in [2.05, 4.69) is 5.32 Å². The molecule has 0 aromatic heterocycles. The van der Waals surface area contributed by atoms with E-state index in [-0.39, 0.29) is 17.7 Å². The van der Waals surface area contributed by atoms with Crippen LogP contribution in [0.3, 0.4) is 0 Å². The van der Waals surface area contributed by atoms with Gasteiger partial charge in [-0.05, 0) is 12.8 Å². The van der Waals surface area contributed by atoms with Crippen LogP contribution in [0.4, 0.5) is 4.79 Å². The number of Topliss-reactive ketones (excluding diaryl/α,β-unsaturated/α-hetero) is 1. The molecule has 1 unspecified atom stereocenters. The van der Waals surface area contributed by atoms with E-state index < -0.39 is 0 Å². The fourth-order valence-corrected chi connectivity index (χ4v) is 1.69. The number of amides is 2. The van der Waals surface area contributed by atoms with Crippen LogP contribution in [0.5, 0.6) is 0 Å². The lowest BCUT2D eigenvalue weighted by atomic mass is 9.99. The van der Waals surface area contributed by atoms with Crippen LogP contribution in [0.2, 0.25) is 0 Å². The molecule has 0 aromatic rings. The Hall–Kier alpha value is -1.06. The highest BCUT2D eigenvalue weighted by atomic mass is 16.2. The number of hydrogen-bond donors (Lipinski definition) is 1. The van der Waals surface area contributed by atoms with Gasteiger partial charge in [-0.1, -0.05) is 6.92 Å². The molecule has 14 heavy (non-hydrogen) atoms. The number of ketones is 1. The first-order chi connectivity index (χ1) is 6.66. The van der Waals surface area contributed by atoms with Gasteiger partial charge in [0.1, 0.15) is 5.78 Å². The van der Waals surface area contributed by atoms with E-state index in [1.165, 1.54) is 0 Å². The summed E-state index contributed by atoms with van der Waals surface area (Å²) in [5, 5.41) is 2.93. The molecule has 2 amide bonds. The Morgan fingerprint density at radius 2 is 2.21 bits per heavy atom. The van der Waals surface area contributed by atoms with Gasteiger partial charge in [0.2, 0.25) is 0 Å². The van der Waals surface area contributed by atoms with E-state index in [1.54, 1.807) is 4.90 Å². The minimum absolute atomic E-state index is 0.00634. The molecule has 1 saturated carbocycles. The largest absolute Gasteiger partial charge is 0.335 e. The number of hydrogen-bond acceptors (Lipinski definition) is 2. The number of likely N-dealkylation sites (tertiary alicyclic amines) is 1. The summed E-state index contributed by atoms with van der Waals surface area (Å²) < 4.78 is 0. The van der Waals surface area contributed by atoms with Crippen molar-refractivity contribution in [3.63, 3.8) is 0 Å². The summed E-state index contributed by atoms with van der Waals surface area (Å²) in [7, 11) is 0. The van der Waals surface area contributed by atoms with Crippen LogP contribution in [-0.4, -0.2) is 35.8 Å². The summed E-state index contributed by atoms with van der Waals surface area (Å²) in [4.78, 5) is 24.6. The van der Waals surface area contributed by atoms with Gasteiger partial charge < -0.3 is 10.2 Å². The molecule has 1 saturated heterocycles. The van der Waals surface area contributed by atoms with Crippen molar-refractivity contribution >= 4 is 11.8 Å². The van der Waals surface area contributed by atoms with Crippen LogP contribution in [-0.2, 0) is 4.79 Å². The normalized spacial score (nSPS) is 27.6. The van der Waals surface area contributed by atoms with Gasteiger partial charge in [0.25, 0.3) is 0 Å². The monoisotopic (exact) mass is 196 g/mol. The zero-order valence-corrected chi connectivity index (χ0v) is 8.45. The second-order valence-electron chi connectivity index (χ2n) is 4.29. The molecule has 0 bridgehead atoms. The quantitative estimate of drug-likeness (QED) is 0.673. The van der Waals surface area contributed by atoms with Crippen LogP contribution < -0.4 is 5.32 Å². The van der Waals surface area contributed by atoms with Crippen LogP contribution in [0.1, 0.15) is 26.2 Å². The highest BCUT2D eigenvalue weighted by molar-refractivity contribution is 5.84. The number of piperidine rings is 1. The molecule has 2 fully saturated rings. The van der Waals surface area contributed by atoms with Crippen molar-refractivity contribution < 1.29 is 9.59 Å². The Labute approximate surface area is 83.6 Å². The van der Waals surface area contributed by atoms with E-state index in [0.29, 0.717) is 25.6 Å². The van der Waals surface area contributed by atoms with E-state index in [9.17, 15) is 9.59 Å². The van der Waals surface area contributed by atoms with Gasteiger partial charge in [-0.2, -0.15) is 0 Å². The fourth-order valence-electron chi connectivity index (χ4n) is 1.69. The van der Waals surface area contributed by atoms with Crippen molar-refractivity contribution in [3.8, 4) is 0 Å². The molecule has 0 aromatic carbocycles. The van der Waals surface area contributed by atoms with Crippen LogP contribution in [0.15, 0.2) is 0 Å². The molecule has 1 heterocycles. The molecule has 1 aliphatic heterocycles. The maximum atomic E-state index is 11.6. The highest BCUT2D eigenvalue weighted by Crippen LogP contribution is 2.20. The predicted octanol–water partition coefficient (Wildman–Crippen LogP) is 0.769. The molecule has 4 heteroatoms. The predicted molar refractivity (Wildman–Crippen MR) is 51.9 cm³/mol. The second kappa shape index (κ2) is 3.59. The molecular formula is C10H16N2O2. The van der Waals surface area contributed by atoms with E-state index in [1.807, 2.05) is 6.92 Å². The van der Waals surface area contributed by atoms with E-state index >= 15 is 0 Å². The lowest BCUT2D eigenvalue weighted by molar-refractivity contribution is -0.124. The average Bonchev–Trinajstić information content (AvgIpc) is 2.93. The Kier molecular flexibility index (Phi) is 2.44. The standard InChI is InChI=1S/C10H16N2O2/c1-7-6-12(5-4-9(7)13)10(14)11-8-2-3-8/h7-8H,2-6H2,1H3,(H,11,14). The highest BCUT2D eigenvalue weighted by Gasteiger charge is 2.30. The third kappa shape index (κ3) is 2.05. The molecule has 2 rings (SSSR count). The first kappa shape index (κ1) is 9.49. The summed E-state index contributed by atoms with van der Waals surface area (Å²) in [6, 6.07) is 0.405. The first-order valence-corrected chi connectivity index (χ1v) is 5.25. The third-order valence-corrected chi connectivity index (χ3v) is 2.86.